The number of amides is 2. The number of nitrogens with one attached hydrogen (secondary N) is 1. The lowest BCUT2D eigenvalue weighted by molar-refractivity contribution is 0.0738. The fourth-order valence-electron chi connectivity index (χ4n) is 2.91. The molecule has 0 spiro atoms. The molecule has 1 heterocycles. The van der Waals surface area contributed by atoms with Crippen molar-refractivity contribution in [2.24, 2.45) is 5.92 Å². The van der Waals surface area contributed by atoms with Crippen LogP contribution in [-0.2, 0) is 6.54 Å². The van der Waals surface area contributed by atoms with Crippen LogP contribution in [-0.4, -0.2) is 35.2 Å². The molecule has 2 N–H and O–H groups in total. The van der Waals surface area contributed by atoms with E-state index in [1.165, 1.54) is 11.1 Å². The van der Waals surface area contributed by atoms with Gasteiger partial charge in [0.25, 0.3) is 0 Å². The van der Waals surface area contributed by atoms with E-state index in [0.29, 0.717) is 13.1 Å². The highest BCUT2D eigenvalue weighted by Gasteiger charge is 2.26. The minimum absolute atomic E-state index is 0.0275. The zero-order valence-corrected chi connectivity index (χ0v) is 13.2. The van der Waals surface area contributed by atoms with Crippen LogP contribution in [0.4, 0.5) is 4.79 Å². The van der Waals surface area contributed by atoms with Crippen molar-refractivity contribution in [1.82, 2.24) is 10.2 Å². The largest absolute Gasteiger partial charge is 0.393 e. The summed E-state index contributed by atoms with van der Waals surface area (Å²) in [5.41, 5.74) is 3.59. The number of likely N-dealkylation sites (tertiary alicyclic amines) is 1. The molecule has 0 aliphatic carbocycles. The monoisotopic (exact) mass is 290 g/mol. The Morgan fingerprint density at radius 3 is 2.90 bits per heavy atom. The maximum Gasteiger partial charge on any atom is 0.317 e. The van der Waals surface area contributed by atoms with Gasteiger partial charge >= 0.3 is 6.03 Å². The van der Waals surface area contributed by atoms with Crippen LogP contribution >= 0.6 is 0 Å². The van der Waals surface area contributed by atoms with Gasteiger partial charge in [0, 0.05) is 25.6 Å². The number of carbonyl (C=O) groups is 1. The molecule has 116 valence electrons. The molecular formula is C17H26N2O2. The van der Waals surface area contributed by atoms with Crippen LogP contribution in [0.5, 0.6) is 0 Å². The van der Waals surface area contributed by atoms with Gasteiger partial charge in [-0.25, -0.2) is 4.79 Å². The van der Waals surface area contributed by atoms with Gasteiger partial charge in [0.15, 0.2) is 0 Å². The van der Waals surface area contributed by atoms with Gasteiger partial charge < -0.3 is 15.3 Å². The first-order valence-corrected chi connectivity index (χ1v) is 7.74. The van der Waals surface area contributed by atoms with Crippen molar-refractivity contribution < 1.29 is 9.90 Å². The number of aliphatic hydroxyl groups is 1. The fourth-order valence-corrected chi connectivity index (χ4v) is 2.91. The maximum atomic E-state index is 12.3. The smallest absolute Gasteiger partial charge is 0.317 e. The third-order valence-corrected chi connectivity index (χ3v) is 4.36. The summed E-state index contributed by atoms with van der Waals surface area (Å²) in [6, 6.07) is 6.24. The van der Waals surface area contributed by atoms with Gasteiger partial charge in [-0.05, 0) is 44.7 Å². The number of piperidine rings is 1. The fraction of sp³-hybridized carbons (Fsp3) is 0.588. The van der Waals surface area contributed by atoms with Crippen LogP contribution in [0.25, 0.3) is 0 Å². The lowest BCUT2D eigenvalue weighted by atomic mass is 9.94. The molecular weight excluding hydrogens is 264 g/mol. The van der Waals surface area contributed by atoms with Gasteiger partial charge in [0.1, 0.15) is 0 Å². The van der Waals surface area contributed by atoms with Crippen LogP contribution in [0.3, 0.4) is 0 Å². The quantitative estimate of drug-likeness (QED) is 0.899. The standard InChI is InChI=1S/C17H26N2O2/c1-12-6-7-15(13(2)9-12)10-18-17(21)19-8-4-5-16(11-19)14(3)20/h6-7,9,14,16,20H,4-5,8,10-11H2,1-3H3,(H,18,21). The zero-order chi connectivity index (χ0) is 15.4. The summed E-state index contributed by atoms with van der Waals surface area (Å²) in [6.07, 6.45) is 1.62. The van der Waals surface area contributed by atoms with Crippen molar-refractivity contribution >= 4 is 6.03 Å². The predicted octanol–water partition coefficient (Wildman–Crippen LogP) is 2.61. The summed E-state index contributed by atoms with van der Waals surface area (Å²) in [5.74, 6) is 0.200. The van der Waals surface area contributed by atoms with Crippen LogP contribution in [0.2, 0.25) is 0 Å². The summed E-state index contributed by atoms with van der Waals surface area (Å²) in [6.45, 7) is 7.93. The third kappa shape index (κ3) is 4.21. The van der Waals surface area contributed by atoms with E-state index >= 15 is 0 Å². The van der Waals surface area contributed by atoms with Crippen LogP contribution < -0.4 is 5.32 Å². The molecule has 0 radical (unpaired) electrons. The Bertz CT molecular complexity index is 500. The number of aryl methyl sites for hydroxylation is 2. The molecule has 1 aromatic rings. The molecule has 21 heavy (non-hydrogen) atoms. The Kier molecular flexibility index (Phi) is 5.23. The Morgan fingerprint density at radius 2 is 2.24 bits per heavy atom. The number of aliphatic hydroxyl groups excluding tert-OH is 1. The Labute approximate surface area is 127 Å². The number of nitrogens with zero attached hydrogens (tertiary/aromatic N) is 1. The molecule has 1 aromatic carbocycles. The first-order chi connectivity index (χ1) is 9.97. The van der Waals surface area contributed by atoms with E-state index in [2.05, 4.69) is 37.4 Å². The summed E-state index contributed by atoms with van der Waals surface area (Å²) in [5, 5.41) is 12.7. The van der Waals surface area contributed by atoms with Gasteiger partial charge in [0.05, 0.1) is 6.10 Å². The molecule has 2 unspecified atom stereocenters. The van der Waals surface area contributed by atoms with Crippen LogP contribution in [0.15, 0.2) is 18.2 Å². The number of urea groups is 1. The minimum Gasteiger partial charge on any atom is -0.393 e. The zero-order valence-electron chi connectivity index (χ0n) is 13.2. The maximum absolute atomic E-state index is 12.3. The van der Waals surface area contributed by atoms with Crippen LogP contribution in [0.1, 0.15) is 36.5 Å². The van der Waals surface area contributed by atoms with E-state index in [1.807, 2.05) is 11.8 Å². The second-order valence-corrected chi connectivity index (χ2v) is 6.18. The average Bonchev–Trinajstić information content (AvgIpc) is 2.46. The lowest BCUT2D eigenvalue weighted by Crippen LogP contribution is -2.47. The van der Waals surface area contributed by atoms with Gasteiger partial charge in [-0.1, -0.05) is 23.8 Å². The van der Waals surface area contributed by atoms with Crippen molar-refractivity contribution in [3.8, 4) is 0 Å². The van der Waals surface area contributed by atoms with Crippen molar-refractivity contribution in [3.63, 3.8) is 0 Å². The average molecular weight is 290 g/mol. The number of hydrogen-bond donors (Lipinski definition) is 2. The van der Waals surface area contributed by atoms with E-state index in [9.17, 15) is 9.90 Å². The molecule has 2 atom stereocenters. The van der Waals surface area contributed by atoms with Crippen molar-refractivity contribution in [2.45, 2.75) is 46.3 Å². The molecule has 1 saturated heterocycles. The number of hydrogen-bond acceptors (Lipinski definition) is 2. The summed E-state index contributed by atoms with van der Waals surface area (Å²) < 4.78 is 0. The minimum atomic E-state index is -0.347. The van der Waals surface area contributed by atoms with Gasteiger partial charge in [-0.2, -0.15) is 0 Å². The summed E-state index contributed by atoms with van der Waals surface area (Å²) in [4.78, 5) is 14.1. The Morgan fingerprint density at radius 1 is 1.48 bits per heavy atom. The van der Waals surface area contributed by atoms with Gasteiger partial charge in [0.2, 0.25) is 0 Å². The number of benzene rings is 1. The summed E-state index contributed by atoms with van der Waals surface area (Å²) >= 11 is 0. The topological polar surface area (TPSA) is 52.6 Å². The molecule has 0 bridgehead atoms. The number of rotatable bonds is 3. The Balaban J connectivity index is 1.89. The molecule has 1 aliphatic rings. The normalized spacial score (nSPS) is 20.2. The third-order valence-electron chi connectivity index (χ3n) is 4.36. The van der Waals surface area contributed by atoms with Crippen molar-refractivity contribution in [1.29, 1.82) is 0 Å². The van der Waals surface area contributed by atoms with Gasteiger partial charge in [-0.15, -0.1) is 0 Å². The van der Waals surface area contributed by atoms with E-state index in [-0.39, 0.29) is 18.1 Å². The highest BCUT2D eigenvalue weighted by molar-refractivity contribution is 5.74. The predicted molar refractivity (Wildman–Crippen MR) is 84.1 cm³/mol. The molecule has 4 nitrogen and oxygen atoms in total. The molecule has 2 rings (SSSR count). The summed E-state index contributed by atoms with van der Waals surface area (Å²) in [7, 11) is 0. The second-order valence-electron chi connectivity index (χ2n) is 6.18. The molecule has 0 saturated carbocycles. The highest BCUT2D eigenvalue weighted by atomic mass is 16.3. The van der Waals surface area contributed by atoms with Crippen molar-refractivity contribution in [3.05, 3.63) is 34.9 Å². The van der Waals surface area contributed by atoms with E-state index in [1.54, 1.807) is 0 Å². The molecule has 2 amide bonds. The number of carbonyl (C=O) groups excluding carboxylic acids is 1. The Hall–Kier alpha value is -1.55. The lowest BCUT2D eigenvalue weighted by Gasteiger charge is -2.34. The van der Waals surface area contributed by atoms with Crippen molar-refractivity contribution in [2.75, 3.05) is 13.1 Å². The van der Waals surface area contributed by atoms with Gasteiger partial charge in [-0.3, -0.25) is 0 Å². The first kappa shape index (κ1) is 15.8. The molecule has 4 heteroatoms. The first-order valence-electron chi connectivity index (χ1n) is 7.74. The second kappa shape index (κ2) is 6.94. The van der Waals surface area contributed by atoms with E-state index in [0.717, 1.165) is 24.9 Å². The van der Waals surface area contributed by atoms with Crippen LogP contribution in [0, 0.1) is 19.8 Å². The SMILES string of the molecule is Cc1ccc(CNC(=O)N2CCCC(C(C)O)C2)c(C)c1. The molecule has 1 fully saturated rings. The molecule has 0 aromatic heterocycles. The van der Waals surface area contributed by atoms with E-state index in [4.69, 9.17) is 0 Å². The molecule has 1 aliphatic heterocycles. The van der Waals surface area contributed by atoms with E-state index < -0.39 is 0 Å². The highest BCUT2D eigenvalue weighted by Crippen LogP contribution is 2.19.